The van der Waals surface area contributed by atoms with Crippen LogP contribution in [0.2, 0.25) is 0 Å². The number of hydrogen-bond acceptors (Lipinski definition) is 2. The van der Waals surface area contributed by atoms with Crippen molar-refractivity contribution in [1.29, 1.82) is 0 Å². The molecule has 17 heavy (non-hydrogen) atoms. The van der Waals surface area contributed by atoms with Crippen molar-refractivity contribution in [3.8, 4) is 0 Å². The van der Waals surface area contributed by atoms with Gasteiger partial charge in [-0.3, -0.25) is 0 Å². The van der Waals surface area contributed by atoms with Crippen LogP contribution in [0.15, 0.2) is 0 Å². The minimum atomic E-state index is 0.431. The fraction of sp³-hybridized carbons (Fsp3) is 1.00. The van der Waals surface area contributed by atoms with E-state index in [0.29, 0.717) is 5.41 Å². The van der Waals surface area contributed by atoms with Crippen molar-refractivity contribution < 1.29 is 0 Å². The lowest BCUT2D eigenvalue weighted by Crippen LogP contribution is -2.32. The molecule has 0 saturated carbocycles. The fourth-order valence-electron chi connectivity index (χ4n) is 2.31. The van der Waals surface area contributed by atoms with E-state index in [1.165, 1.54) is 45.3 Å². The summed E-state index contributed by atoms with van der Waals surface area (Å²) in [7, 11) is 0. The van der Waals surface area contributed by atoms with Gasteiger partial charge in [0.15, 0.2) is 0 Å². The summed E-state index contributed by atoms with van der Waals surface area (Å²) in [5.41, 5.74) is 0.431. The molecule has 1 saturated heterocycles. The van der Waals surface area contributed by atoms with Crippen LogP contribution in [0.25, 0.3) is 0 Å². The fourth-order valence-corrected chi connectivity index (χ4v) is 2.31. The predicted molar refractivity (Wildman–Crippen MR) is 76.3 cm³/mol. The first-order chi connectivity index (χ1) is 8.00. The molecule has 1 aliphatic heterocycles. The zero-order chi connectivity index (χ0) is 12.7. The molecule has 1 rings (SSSR count). The van der Waals surface area contributed by atoms with E-state index in [4.69, 9.17) is 0 Å². The van der Waals surface area contributed by atoms with Crippen LogP contribution in [0.4, 0.5) is 0 Å². The maximum atomic E-state index is 3.61. The molecule has 0 radical (unpaired) electrons. The van der Waals surface area contributed by atoms with Crippen LogP contribution in [-0.2, 0) is 0 Å². The van der Waals surface area contributed by atoms with Crippen LogP contribution >= 0.6 is 0 Å². The quantitative estimate of drug-likeness (QED) is 0.697. The molecule has 102 valence electrons. The predicted octanol–water partition coefficient (Wildman–Crippen LogP) is 3.04. The number of piperidine rings is 1. The molecule has 2 heteroatoms. The van der Waals surface area contributed by atoms with E-state index < -0.39 is 0 Å². The molecule has 0 spiro atoms. The molecule has 0 aliphatic carbocycles. The molecule has 1 heterocycles. The molecule has 0 aromatic carbocycles. The van der Waals surface area contributed by atoms with Crippen molar-refractivity contribution in [2.45, 2.75) is 53.4 Å². The smallest absolute Gasteiger partial charge is 0.00182 e. The van der Waals surface area contributed by atoms with Gasteiger partial charge in [-0.15, -0.1) is 0 Å². The van der Waals surface area contributed by atoms with Gasteiger partial charge in [0, 0.05) is 0 Å². The summed E-state index contributed by atoms with van der Waals surface area (Å²) < 4.78 is 0. The van der Waals surface area contributed by atoms with Crippen molar-refractivity contribution in [2.75, 3.05) is 26.2 Å². The highest BCUT2D eigenvalue weighted by Gasteiger charge is 2.19. The van der Waals surface area contributed by atoms with Gasteiger partial charge in [-0.2, -0.15) is 0 Å². The van der Waals surface area contributed by atoms with Gasteiger partial charge < -0.3 is 10.6 Å². The zero-order valence-corrected chi connectivity index (χ0v) is 12.3. The topological polar surface area (TPSA) is 24.1 Å². The third-order valence-corrected chi connectivity index (χ3v) is 4.29. The van der Waals surface area contributed by atoms with Crippen LogP contribution < -0.4 is 10.6 Å². The van der Waals surface area contributed by atoms with Crippen LogP contribution in [-0.4, -0.2) is 26.2 Å². The summed E-state index contributed by atoms with van der Waals surface area (Å²) >= 11 is 0. The summed E-state index contributed by atoms with van der Waals surface area (Å²) in [4.78, 5) is 0. The Bertz CT molecular complexity index is 190. The molecular weight excluding hydrogens is 208 g/mol. The second kappa shape index (κ2) is 7.38. The SMILES string of the molecule is CC(CNCCCC1CCCNC1)C(C)(C)C. The molecule has 2 nitrogen and oxygen atoms in total. The lowest BCUT2D eigenvalue weighted by Gasteiger charge is -2.27. The van der Waals surface area contributed by atoms with Crippen LogP contribution in [0.3, 0.4) is 0 Å². The average molecular weight is 240 g/mol. The van der Waals surface area contributed by atoms with Crippen molar-refractivity contribution in [3.63, 3.8) is 0 Å². The van der Waals surface area contributed by atoms with Crippen molar-refractivity contribution in [1.82, 2.24) is 10.6 Å². The first kappa shape index (κ1) is 15.0. The third-order valence-electron chi connectivity index (χ3n) is 4.29. The first-order valence-electron chi connectivity index (χ1n) is 7.41. The second-order valence-corrected chi connectivity index (χ2v) is 6.83. The van der Waals surface area contributed by atoms with Gasteiger partial charge in [0.25, 0.3) is 0 Å². The maximum absolute atomic E-state index is 3.61. The molecule has 2 unspecified atom stereocenters. The van der Waals surface area contributed by atoms with Crippen molar-refractivity contribution in [2.24, 2.45) is 17.3 Å². The highest BCUT2D eigenvalue weighted by Crippen LogP contribution is 2.24. The van der Waals surface area contributed by atoms with Gasteiger partial charge >= 0.3 is 0 Å². The summed E-state index contributed by atoms with van der Waals surface area (Å²) in [6.45, 7) is 14.2. The van der Waals surface area contributed by atoms with Gasteiger partial charge in [-0.1, -0.05) is 27.7 Å². The molecular formula is C15H32N2. The minimum absolute atomic E-state index is 0.431. The highest BCUT2D eigenvalue weighted by atomic mass is 14.9. The Balaban J connectivity index is 1.97. The monoisotopic (exact) mass is 240 g/mol. The van der Waals surface area contributed by atoms with Crippen molar-refractivity contribution in [3.05, 3.63) is 0 Å². The number of rotatable bonds is 6. The summed E-state index contributed by atoms with van der Waals surface area (Å²) in [5, 5.41) is 7.10. The van der Waals surface area contributed by atoms with Gasteiger partial charge in [-0.05, 0) is 69.1 Å². The molecule has 1 fully saturated rings. The standard InChI is InChI=1S/C15H32N2/c1-13(15(2,3)4)11-16-9-5-7-14-8-6-10-17-12-14/h13-14,16-17H,5-12H2,1-4H3. The highest BCUT2D eigenvalue weighted by molar-refractivity contribution is 4.72. The number of hydrogen-bond donors (Lipinski definition) is 2. The van der Waals surface area contributed by atoms with E-state index in [0.717, 1.165) is 18.4 Å². The van der Waals surface area contributed by atoms with Crippen LogP contribution in [0, 0.1) is 17.3 Å². The normalized spacial score (nSPS) is 23.6. The molecule has 0 aromatic heterocycles. The molecule has 0 bridgehead atoms. The largest absolute Gasteiger partial charge is 0.316 e. The second-order valence-electron chi connectivity index (χ2n) is 6.83. The van der Waals surface area contributed by atoms with E-state index in [1.807, 2.05) is 0 Å². The Labute approximate surface area is 108 Å². The van der Waals surface area contributed by atoms with Gasteiger partial charge in [0.1, 0.15) is 0 Å². The average Bonchev–Trinajstić information content (AvgIpc) is 2.28. The Hall–Kier alpha value is -0.0800. The van der Waals surface area contributed by atoms with Crippen LogP contribution in [0.5, 0.6) is 0 Å². The minimum Gasteiger partial charge on any atom is -0.316 e. The molecule has 0 amide bonds. The van der Waals surface area contributed by atoms with E-state index in [2.05, 4.69) is 38.3 Å². The first-order valence-corrected chi connectivity index (χ1v) is 7.41. The Morgan fingerprint density at radius 2 is 2.12 bits per heavy atom. The molecule has 0 aromatic rings. The van der Waals surface area contributed by atoms with E-state index >= 15 is 0 Å². The zero-order valence-electron chi connectivity index (χ0n) is 12.3. The lowest BCUT2D eigenvalue weighted by molar-refractivity contribution is 0.251. The summed E-state index contributed by atoms with van der Waals surface area (Å²) in [6, 6.07) is 0. The van der Waals surface area contributed by atoms with Gasteiger partial charge in [0.05, 0.1) is 0 Å². The van der Waals surface area contributed by atoms with Crippen molar-refractivity contribution >= 4 is 0 Å². The summed E-state index contributed by atoms with van der Waals surface area (Å²) in [6.07, 6.45) is 5.54. The molecule has 2 atom stereocenters. The maximum Gasteiger partial charge on any atom is -0.00182 e. The van der Waals surface area contributed by atoms with Gasteiger partial charge in [0.2, 0.25) is 0 Å². The van der Waals surface area contributed by atoms with E-state index in [1.54, 1.807) is 0 Å². The molecule has 2 N–H and O–H groups in total. The number of nitrogens with one attached hydrogen (secondary N) is 2. The Morgan fingerprint density at radius 3 is 2.71 bits per heavy atom. The lowest BCUT2D eigenvalue weighted by atomic mass is 9.82. The third kappa shape index (κ3) is 6.42. The summed E-state index contributed by atoms with van der Waals surface area (Å²) in [5.74, 6) is 1.68. The Kier molecular flexibility index (Phi) is 6.50. The van der Waals surface area contributed by atoms with E-state index in [-0.39, 0.29) is 0 Å². The van der Waals surface area contributed by atoms with Crippen LogP contribution in [0.1, 0.15) is 53.4 Å². The molecule has 1 aliphatic rings. The Morgan fingerprint density at radius 1 is 1.35 bits per heavy atom. The van der Waals surface area contributed by atoms with E-state index in [9.17, 15) is 0 Å². The van der Waals surface area contributed by atoms with Gasteiger partial charge in [-0.25, -0.2) is 0 Å².